The molecule has 0 atom stereocenters. The lowest BCUT2D eigenvalue weighted by atomic mass is 10.2. The summed E-state index contributed by atoms with van der Waals surface area (Å²) in [5.41, 5.74) is 1.60. The second kappa shape index (κ2) is 7.85. The van der Waals surface area contributed by atoms with Crippen LogP contribution >= 0.6 is 11.3 Å². The minimum absolute atomic E-state index is 0.129. The molecule has 25 heavy (non-hydrogen) atoms. The van der Waals surface area contributed by atoms with Gasteiger partial charge in [-0.05, 0) is 67.3 Å². The van der Waals surface area contributed by atoms with E-state index in [9.17, 15) is 4.79 Å². The van der Waals surface area contributed by atoms with Gasteiger partial charge in [-0.1, -0.05) is 12.1 Å². The molecule has 0 saturated heterocycles. The molecule has 0 fully saturated rings. The van der Waals surface area contributed by atoms with Crippen LogP contribution in [0.5, 0.6) is 17.2 Å². The van der Waals surface area contributed by atoms with Crippen LogP contribution in [0.1, 0.15) is 22.2 Å². The smallest absolute Gasteiger partial charge is 0.266 e. The fraction of sp³-hybridized carbons (Fsp3) is 0.150. The Morgan fingerprint density at radius 2 is 1.76 bits per heavy atom. The Hall–Kier alpha value is -2.79. The zero-order chi connectivity index (χ0) is 17.6. The van der Waals surface area contributed by atoms with Crippen molar-refractivity contribution in [1.82, 2.24) is 0 Å². The van der Waals surface area contributed by atoms with Crippen LogP contribution < -0.4 is 14.8 Å². The molecule has 0 aliphatic carbocycles. The highest BCUT2D eigenvalue weighted by Crippen LogP contribution is 2.31. The van der Waals surface area contributed by atoms with Gasteiger partial charge in [-0.15, -0.1) is 11.3 Å². The van der Waals surface area contributed by atoms with Gasteiger partial charge >= 0.3 is 0 Å². The summed E-state index contributed by atoms with van der Waals surface area (Å²) in [6.45, 7) is 4.49. The summed E-state index contributed by atoms with van der Waals surface area (Å²) in [5.74, 6) is 1.94. The highest BCUT2D eigenvalue weighted by Gasteiger charge is 2.13. The predicted octanol–water partition coefficient (Wildman–Crippen LogP) is 5.50. The summed E-state index contributed by atoms with van der Waals surface area (Å²) in [4.78, 5) is 13.1. The highest BCUT2D eigenvalue weighted by molar-refractivity contribution is 7.12. The number of thiophene rings is 1. The number of nitrogens with one attached hydrogen (secondary N) is 1. The number of hydrogen-bond acceptors (Lipinski definition) is 4. The number of hydrogen-bond donors (Lipinski definition) is 1. The number of rotatable bonds is 6. The Balaban J connectivity index is 1.76. The third kappa shape index (κ3) is 4.19. The van der Waals surface area contributed by atoms with Crippen molar-refractivity contribution in [3.8, 4) is 17.2 Å². The van der Waals surface area contributed by atoms with E-state index in [1.54, 1.807) is 0 Å². The van der Waals surface area contributed by atoms with E-state index in [4.69, 9.17) is 9.47 Å². The monoisotopic (exact) mass is 353 g/mol. The molecule has 0 radical (unpaired) electrons. The van der Waals surface area contributed by atoms with E-state index in [0.29, 0.717) is 28.7 Å². The maximum absolute atomic E-state index is 12.4. The SMILES string of the molecule is CCOc1ccc(Oc2ccccc2NC(=O)c2sccc2C)cc1. The first-order chi connectivity index (χ1) is 12.2. The Morgan fingerprint density at radius 1 is 1.04 bits per heavy atom. The zero-order valence-electron chi connectivity index (χ0n) is 14.1. The van der Waals surface area contributed by atoms with Gasteiger partial charge in [0.1, 0.15) is 11.5 Å². The van der Waals surface area contributed by atoms with Gasteiger partial charge in [-0.3, -0.25) is 4.79 Å². The molecule has 0 aliphatic rings. The molecule has 0 saturated carbocycles. The molecule has 4 nitrogen and oxygen atoms in total. The number of carbonyl (C=O) groups excluding carboxylic acids is 1. The lowest BCUT2D eigenvalue weighted by Crippen LogP contribution is -2.12. The molecular formula is C20H19NO3S. The minimum Gasteiger partial charge on any atom is -0.494 e. The van der Waals surface area contributed by atoms with Crippen LogP contribution in [0, 0.1) is 6.92 Å². The van der Waals surface area contributed by atoms with E-state index >= 15 is 0 Å². The van der Waals surface area contributed by atoms with E-state index in [1.807, 2.05) is 73.8 Å². The molecule has 3 aromatic rings. The van der Waals surface area contributed by atoms with Crippen molar-refractivity contribution in [1.29, 1.82) is 0 Å². The molecule has 2 aromatic carbocycles. The number of carbonyl (C=O) groups is 1. The average Bonchev–Trinajstić information content (AvgIpc) is 3.05. The fourth-order valence-corrected chi connectivity index (χ4v) is 3.16. The first-order valence-electron chi connectivity index (χ1n) is 8.02. The van der Waals surface area contributed by atoms with Gasteiger partial charge in [0.2, 0.25) is 0 Å². The first-order valence-corrected chi connectivity index (χ1v) is 8.90. The average molecular weight is 353 g/mol. The number of anilines is 1. The summed E-state index contributed by atoms with van der Waals surface area (Å²) in [7, 11) is 0. The molecular weight excluding hydrogens is 334 g/mol. The third-order valence-corrected chi connectivity index (χ3v) is 4.58. The summed E-state index contributed by atoms with van der Waals surface area (Å²) >= 11 is 1.43. The van der Waals surface area contributed by atoms with Crippen LogP contribution in [0.25, 0.3) is 0 Å². The topological polar surface area (TPSA) is 47.6 Å². The van der Waals surface area contributed by atoms with E-state index < -0.39 is 0 Å². The summed E-state index contributed by atoms with van der Waals surface area (Å²) in [6.07, 6.45) is 0. The van der Waals surface area contributed by atoms with Crippen molar-refractivity contribution in [3.05, 3.63) is 70.4 Å². The standard InChI is InChI=1S/C20H19NO3S/c1-3-23-15-8-10-16(11-9-15)24-18-7-5-4-6-17(18)21-20(22)19-14(2)12-13-25-19/h4-13H,3H2,1-2H3,(H,21,22). The molecule has 128 valence electrons. The summed E-state index contributed by atoms with van der Waals surface area (Å²) < 4.78 is 11.4. The molecule has 0 bridgehead atoms. The minimum atomic E-state index is -0.129. The molecule has 0 spiro atoms. The quantitative estimate of drug-likeness (QED) is 0.636. The summed E-state index contributed by atoms with van der Waals surface area (Å²) in [5, 5.41) is 4.84. The zero-order valence-corrected chi connectivity index (χ0v) is 14.9. The van der Waals surface area contributed by atoms with Gasteiger partial charge < -0.3 is 14.8 Å². The predicted molar refractivity (Wildman–Crippen MR) is 101 cm³/mol. The van der Waals surface area contributed by atoms with Gasteiger partial charge in [0.25, 0.3) is 5.91 Å². The normalized spacial score (nSPS) is 10.3. The van der Waals surface area contributed by atoms with Crippen LogP contribution in [0.4, 0.5) is 5.69 Å². The highest BCUT2D eigenvalue weighted by atomic mass is 32.1. The number of aryl methyl sites for hydroxylation is 1. The number of para-hydroxylation sites is 2. The van der Waals surface area contributed by atoms with Crippen molar-refractivity contribution in [2.75, 3.05) is 11.9 Å². The third-order valence-electron chi connectivity index (χ3n) is 3.57. The van der Waals surface area contributed by atoms with Crippen LogP contribution in [-0.4, -0.2) is 12.5 Å². The van der Waals surface area contributed by atoms with Crippen LogP contribution in [0.15, 0.2) is 60.0 Å². The second-order valence-corrected chi connectivity index (χ2v) is 6.31. The van der Waals surface area contributed by atoms with Gasteiger partial charge in [0.05, 0.1) is 17.2 Å². The maximum Gasteiger partial charge on any atom is 0.266 e. The molecule has 1 heterocycles. The van der Waals surface area contributed by atoms with Crippen molar-refractivity contribution < 1.29 is 14.3 Å². The summed E-state index contributed by atoms with van der Waals surface area (Å²) in [6, 6.07) is 16.7. The Labute approximate surface area is 151 Å². The van der Waals surface area contributed by atoms with Gasteiger partial charge in [0, 0.05) is 0 Å². The van der Waals surface area contributed by atoms with Crippen LogP contribution in [-0.2, 0) is 0 Å². The second-order valence-electron chi connectivity index (χ2n) is 5.39. The van der Waals surface area contributed by atoms with Gasteiger partial charge in [-0.2, -0.15) is 0 Å². The van der Waals surface area contributed by atoms with E-state index in [1.165, 1.54) is 11.3 Å². The van der Waals surface area contributed by atoms with Crippen LogP contribution in [0.3, 0.4) is 0 Å². The molecule has 0 aliphatic heterocycles. The lowest BCUT2D eigenvalue weighted by Gasteiger charge is -2.12. The van der Waals surface area contributed by atoms with Crippen molar-refractivity contribution in [2.24, 2.45) is 0 Å². The van der Waals surface area contributed by atoms with Gasteiger partial charge in [-0.25, -0.2) is 0 Å². The molecule has 3 rings (SSSR count). The first kappa shape index (κ1) is 17.0. The van der Waals surface area contributed by atoms with Crippen molar-refractivity contribution >= 4 is 22.9 Å². The van der Waals surface area contributed by atoms with Crippen molar-refractivity contribution in [2.45, 2.75) is 13.8 Å². The Morgan fingerprint density at radius 3 is 2.44 bits per heavy atom. The number of benzene rings is 2. The molecule has 1 N–H and O–H groups in total. The molecule has 0 unspecified atom stereocenters. The number of amides is 1. The lowest BCUT2D eigenvalue weighted by molar-refractivity contribution is 0.102. The van der Waals surface area contributed by atoms with E-state index in [-0.39, 0.29) is 5.91 Å². The fourth-order valence-electron chi connectivity index (χ4n) is 2.34. The molecule has 5 heteroatoms. The van der Waals surface area contributed by atoms with Gasteiger partial charge in [0.15, 0.2) is 5.75 Å². The largest absolute Gasteiger partial charge is 0.494 e. The van der Waals surface area contributed by atoms with E-state index in [2.05, 4.69) is 5.32 Å². The number of ether oxygens (including phenoxy) is 2. The van der Waals surface area contributed by atoms with E-state index in [0.717, 1.165) is 11.3 Å². The van der Waals surface area contributed by atoms with Crippen LogP contribution in [0.2, 0.25) is 0 Å². The maximum atomic E-state index is 12.4. The molecule has 1 amide bonds. The molecule has 1 aromatic heterocycles. The Bertz CT molecular complexity index is 855. The van der Waals surface area contributed by atoms with Crippen molar-refractivity contribution in [3.63, 3.8) is 0 Å². The Kier molecular flexibility index (Phi) is 5.36.